The van der Waals surface area contributed by atoms with Crippen LogP contribution in [0.5, 0.6) is 0 Å². The van der Waals surface area contributed by atoms with Gasteiger partial charge in [0.25, 0.3) is 5.91 Å². The van der Waals surface area contributed by atoms with Gasteiger partial charge in [-0.15, -0.1) is 0 Å². The molecule has 1 unspecified atom stereocenters. The van der Waals surface area contributed by atoms with Gasteiger partial charge in [0.1, 0.15) is 11.5 Å². The molecule has 0 fully saturated rings. The van der Waals surface area contributed by atoms with Gasteiger partial charge >= 0.3 is 0 Å². The van der Waals surface area contributed by atoms with E-state index in [1.54, 1.807) is 6.20 Å². The third-order valence-corrected chi connectivity index (χ3v) is 3.54. The van der Waals surface area contributed by atoms with Gasteiger partial charge in [-0.2, -0.15) is 0 Å². The molecule has 0 spiro atoms. The Hall–Kier alpha value is -2.95. The Labute approximate surface area is 128 Å². The van der Waals surface area contributed by atoms with E-state index in [1.165, 1.54) is 17.0 Å². The van der Waals surface area contributed by atoms with Gasteiger partial charge in [0.15, 0.2) is 0 Å². The van der Waals surface area contributed by atoms with Gasteiger partial charge in [-0.05, 0) is 23.3 Å². The zero-order chi connectivity index (χ0) is 15.5. The molecule has 5 nitrogen and oxygen atoms in total. The molecule has 0 aliphatic carbocycles. The fraction of sp³-hybridized carbons (Fsp3) is 0.118. The van der Waals surface area contributed by atoms with Crippen LogP contribution in [-0.2, 0) is 0 Å². The lowest BCUT2D eigenvalue weighted by Crippen LogP contribution is -2.15. The van der Waals surface area contributed by atoms with Crippen molar-refractivity contribution in [2.45, 2.75) is 13.0 Å². The summed E-state index contributed by atoms with van der Waals surface area (Å²) in [5.74, 6) is -0.0642. The highest BCUT2D eigenvalue weighted by Crippen LogP contribution is 2.26. The van der Waals surface area contributed by atoms with Crippen LogP contribution >= 0.6 is 0 Å². The molecule has 0 aliphatic heterocycles. The number of benzene rings is 2. The maximum Gasteiger partial charge on any atom is 0.268 e. The van der Waals surface area contributed by atoms with Crippen LogP contribution in [0, 0.1) is 0 Å². The van der Waals surface area contributed by atoms with E-state index in [-0.39, 0.29) is 11.7 Å². The van der Waals surface area contributed by atoms with Crippen LogP contribution in [0.1, 0.15) is 29.0 Å². The molecule has 0 bridgehead atoms. The molecule has 22 heavy (non-hydrogen) atoms. The summed E-state index contributed by atoms with van der Waals surface area (Å²) in [5.41, 5.74) is 6.53. The van der Waals surface area contributed by atoms with Crippen molar-refractivity contribution in [1.82, 2.24) is 9.97 Å². The lowest BCUT2D eigenvalue weighted by molar-refractivity contribution is 0.0995. The lowest BCUT2D eigenvalue weighted by Gasteiger charge is -2.17. The molecule has 0 saturated carbocycles. The van der Waals surface area contributed by atoms with Crippen molar-refractivity contribution in [1.29, 1.82) is 0 Å². The minimum atomic E-state index is -0.589. The van der Waals surface area contributed by atoms with Crippen molar-refractivity contribution in [3.05, 3.63) is 66.1 Å². The lowest BCUT2D eigenvalue weighted by atomic mass is 10.00. The van der Waals surface area contributed by atoms with E-state index in [4.69, 9.17) is 5.73 Å². The zero-order valence-electron chi connectivity index (χ0n) is 12.2. The maximum atomic E-state index is 11.2. The largest absolute Gasteiger partial charge is 0.364 e. The van der Waals surface area contributed by atoms with Crippen LogP contribution < -0.4 is 11.1 Å². The number of nitrogens with one attached hydrogen (secondary N) is 1. The summed E-state index contributed by atoms with van der Waals surface area (Å²) in [6.07, 6.45) is 2.93. The van der Waals surface area contributed by atoms with Crippen LogP contribution in [0.15, 0.2) is 54.9 Å². The van der Waals surface area contributed by atoms with Gasteiger partial charge in [0, 0.05) is 0 Å². The Morgan fingerprint density at radius 2 is 1.91 bits per heavy atom. The van der Waals surface area contributed by atoms with Gasteiger partial charge in [-0.1, -0.05) is 42.5 Å². The summed E-state index contributed by atoms with van der Waals surface area (Å²) in [4.78, 5) is 19.3. The first-order chi connectivity index (χ1) is 10.6. The predicted molar refractivity (Wildman–Crippen MR) is 86.5 cm³/mol. The topological polar surface area (TPSA) is 80.9 Å². The average Bonchev–Trinajstić information content (AvgIpc) is 2.54. The second-order valence-electron chi connectivity index (χ2n) is 5.09. The first kappa shape index (κ1) is 14.0. The van der Waals surface area contributed by atoms with E-state index in [1.807, 2.05) is 25.1 Å². The zero-order valence-corrected chi connectivity index (χ0v) is 12.2. The number of anilines is 1. The minimum Gasteiger partial charge on any atom is -0.364 e. The van der Waals surface area contributed by atoms with Crippen LogP contribution in [0.2, 0.25) is 0 Å². The van der Waals surface area contributed by atoms with E-state index in [0.29, 0.717) is 5.82 Å². The molecular weight excluding hydrogens is 276 g/mol. The first-order valence-corrected chi connectivity index (χ1v) is 7.01. The van der Waals surface area contributed by atoms with Crippen molar-refractivity contribution >= 4 is 22.5 Å². The highest BCUT2D eigenvalue weighted by molar-refractivity contribution is 5.90. The normalized spacial score (nSPS) is 12.0. The summed E-state index contributed by atoms with van der Waals surface area (Å²) in [6, 6.07) is 14.4. The number of primary amides is 1. The van der Waals surface area contributed by atoms with Crippen LogP contribution in [-0.4, -0.2) is 15.9 Å². The number of fused-ring (bicyclic) bond motifs is 1. The maximum absolute atomic E-state index is 11.2. The quantitative estimate of drug-likeness (QED) is 0.774. The molecule has 0 saturated heterocycles. The van der Waals surface area contributed by atoms with Crippen LogP contribution in [0.3, 0.4) is 0 Å². The van der Waals surface area contributed by atoms with Crippen molar-refractivity contribution < 1.29 is 4.79 Å². The third-order valence-electron chi connectivity index (χ3n) is 3.54. The number of carbonyl (C=O) groups is 1. The van der Waals surface area contributed by atoms with Gasteiger partial charge < -0.3 is 11.1 Å². The average molecular weight is 292 g/mol. The summed E-state index contributed by atoms with van der Waals surface area (Å²) in [5, 5.41) is 5.63. The number of rotatable bonds is 4. The minimum absolute atomic E-state index is 0.0172. The molecule has 110 valence electrons. The molecule has 1 heterocycles. The molecule has 3 aromatic rings. The number of hydrogen-bond acceptors (Lipinski definition) is 4. The number of aromatic nitrogens is 2. The summed E-state index contributed by atoms with van der Waals surface area (Å²) < 4.78 is 0. The second kappa shape index (κ2) is 5.81. The first-order valence-electron chi connectivity index (χ1n) is 7.01. The molecule has 3 N–H and O–H groups in total. The summed E-state index contributed by atoms with van der Waals surface area (Å²) in [7, 11) is 0. The predicted octanol–water partition coefficient (Wildman–Crippen LogP) is 2.90. The monoisotopic (exact) mass is 292 g/mol. The van der Waals surface area contributed by atoms with Gasteiger partial charge in [-0.3, -0.25) is 9.78 Å². The van der Waals surface area contributed by atoms with E-state index >= 15 is 0 Å². The van der Waals surface area contributed by atoms with Crippen LogP contribution in [0.4, 0.5) is 5.82 Å². The molecule has 0 radical (unpaired) electrons. The summed E-state index contributed by atoms with van der Waals surface area (Å²) >= 11 is 0. The number of carbonyl (C=O) groups excluding carboxylic acids is 1. The van der Waals surface area contributed by atoms with Gasteiger partial charge in [-0.25, -0.2) is 4.98 Å². The number of nitrogens with two attached hydrogens (primary N) is 1. The number of nitrogens with zero attached hydrogens (tertiary/aromatic N) is 2. The van der Waals surface area contributed by atoms with Crippen molar-refractivity contribution in [2.24, 2.45) is 5.73 Å². The van der Waals surface area contributed by atoms with E-state index in [2.05, 4.69) is 39.6 Å². The van der Waals surface area contributed by atoms with Crippen LogP contribution in [0.25, 0.3) is 10.8 Å². The van der Waals surface area contributed by atoms with E-state index < -0.39 is 5.91 Å². The van der Waals surface area contributed by atoms with Gasteiger partial charge in [0.2, 0.25) is 0 Å². The Balaban J connectivity index is 1.92. The molecule has 5 heteroatoms. The number of hydrogen-bond donors (Lipinski definition) is 2. The molecule has 1 amide bonds. The highest BCUT2D eigenvalue weighted by atomic mass is 16.1. The smallest absolute Gasteiger partial charge is 0.268 e. The van der Waals surface area contributed by atoms with E-state index in [9.17, 15) is 4.79 Å². The van der Waals surface area contributed by atoms with Gasteiger partial charge in [0.05, 0.1) is 18.4 Å². The molecule has 0 aliphatic rings. The van der Waals surface area contributed by atoms with Crippen molar-refractivity contribution in [2.75, 3.05) is 5.32 Å². The third kappa shape index (κ3) is 2.74. The summed E-state index contributed by atoms with van der Waals surface area (Å²) in [6.45, 7) is 2.04. The SMILES string of the molecule is CC(Nc1cncc(C(N)=O)n1)c1cccc2ccccc12. The molecule has 3 rings (SSSR count). The Morgan fingerprint density at radius 3 is 2.73 bits per heavy atom. The molecule has 1 aromatic heterocycles. The van der Waals surface area contributed by atoms with E-state index in [0.717, 1.165) is 5.56 Å². The standard InChI is InChI=1S/C17H16N4O/c1-11(20-16-10-19-9-15(21-16)17(18)22)13-8-4-6-12-5-2-3-7-14(12)13/h2-11H,1H3,(H2,18,22)(H,20,21). The Kier molecular flexibility index (Phi) is 3.70. The fourth-order valence-electron chi connectivity index (χ4n) is 2.48. The Bertz CT molecular complexity index is 826. The molecule has 1 atom stereocenters. The molecule has 2 aromatic carbocycles. The highest BCUT2D eigenvalue weighted by Gasteiger charge is 2.11. The number of amides is 1. The van der Waals surface area contributed by atoms with Crippen molar-refractivity contribution in [3.8, 4) is 0 Å². The Morgan fingerprint density at radius 1 is 1.14 bits per heavy atom. The van der Waals surface area contributed by atoms with Crippen molar-refractivity contribution in [3.63, 3.8) is 0 Å². The molecular formula is C17H16N4O. The second-order valence-corrected chi connectivity index (χ2v) is 5.09. The fourth-order valence-corrected chi connectivity index (χ4v) is 2.48.